The molecule has 1 aromatic carbocycles. The number of hydrogen-bond donors (Lipinski definition) is 2. The maximum Gasteiger partial charge on any atom is 0.168 e. The number of fused-ring (bicyclic) bond motifs is 1. The normalized spacial score (nSPS) is 11.7. The lowest BCUT2D eigenvalue weighted by molar-refractivity contribution is 0.504. The van der Waals surface area contributed by atoms with Gasteiger partial charge in [0, 0.05) is 29.7 Å². The predicted molar refractivity (Wildman–Crippen MR) is 64.9 cm³/mol. The van der Waals surface area contributed by atoms with E-state index in [9.17, 15) is 13.2 Å². The summed E-state index contributed by atoms with van der Waals surface area (Å²) < 4.78 is 40.6. The number of aryl methyl sites for hydroxylation is 1. The van der Waals surface area contributed by atoms with Gasteiger partial charge in [0.25, 0.3) is 0 Å². The van der Waals surface area contributed by atoms with Crippen molar-refractivity contribution in [1.82, 2.24) is 10.3 Å². The second-order valence-electron chi connectivity index (χ2n) is 4.67. The van der Waals surface area contributed by atoms with Crippen LogP contribution < -0.4 is 5.32 Å². The molecule has 0 atom stereocenters. The van der Waals surface area contributed by atoms with Crippen molar-refractivity contribution in [3.8, 4) is 0 Å². The fraction of sp³-hybridized carbons (Fsp3) is 0.385. The molecule has 0 fully saturated rings. The maximum absolute atomic E-state index is 13.8. The van der Waals surface area contributed by atoms with E-state index in [2.05, 4.69) is 10.3 Å². The summed E-state index contributed by atoms with van der Waals surface area (Å²) in [6.45, 7) is 5.97. The largest absolute Gasteiger partial charge is 0.356 e. The van der Waals surface area contributed by atoms with Gasteiger partial charge in [0.15, 0.2) is 11.6 Å². The van der Waals surface area contributed by atoms with Crippen molar-refractivity contribution >= 4 is 10.9 Å². The number of nitrogens with one attached hydrogen (secondary N) is 2. The van der Waals surface area contributed by atoms with Gasteiger partial charge in [0.2, 0.25) is 0 Å². The zero-order valence-electron chi connectivity index (χ0n) is 10.5. The van der Waals surface area contributed by atoms with Crippen LogP contribution in [0.4, 0.5) is 13.2 Å². The highest BCUT2D eigenvalue weighted by molar-refractivity contribution is 5.85. The number of rotatable bonds is 3. The Kier molecular flexibility index (Phi) is 3.34. The predicted octanol–water partition coefficient (Wildman–Crippen LogP) is 3.39. The van der Waals surface area contributed by atoms with Gasteiger partial charge in [-0.15, -0.1) is 0 Å². The lowest BCUT2D eigenvalue weighted by atomic mass is 10.1. The van der Waals surface area contributed by atoms with Crippen LogP contribution in [-0.4, -0.2) is 11.0 Å². The van der Waals surface area contributed by atoms with Gasteiger partial charge in [0.05, 0.1) is 5.52 Å². The number of hydrogen-bond acceptors (Lipinski definition) is 1. The molecule has 0 amide bonds. The third-order valence-corrected chi connectivity index (χ3v) is 2.93. The lowest BCUT2D eigenvalue weighted by Crippen LogP contribution is -2.22. The van der Waals surface area contributed by atoms with E-state index in [4.69, 9.17) is 0 Å². The monoisotopic (exact) mass is 256 g/mol. The first-order valence-electron chi connectivity index (χ1n) is 5.79. The highest BCUT2D eigenvalue weighted by Gasteiger charge is 2.19. The summed E-state index contributed by atoms with van der Waals surface area (Å²) in [4.78, 5) is 2.77. The first kappa shape index (κ1) is 13.0. The average molecular weight is 256 g/mol. The van der Waals surface area contributed by atoms with Gasteiger partial charge >= 0.3 is 0 Å². The molecule has 2 rings (SSSR count). The molecule has 1 heterocycles. The summed E-state index contributed by atoms with van der Waals surface area (Å²) in [7, 11) is 0. The molecule has 0 radical (unpaired) electrons. The van der Waals surface area contributed by atoms with Crippen LogP contribution in [0.1, 0.15) is 25.1 Å². The topological polar surface area (TPSA) is 27.8 Å². The molecular weight excluding hydrogens is 241 g/mol. The Morgan fingerprint density at radius 3 is 2.50 bits per heavy atom. The highest BCUT2D eigenvalue weighted by Crippen LogP contribution is 2.28. The molecule has 0 saturated carbocycles. The first-order valence-corrected chi connectivity index (χ1v) is 5.79. The summed E-state index contributed by atoms with van der Waals surface area (Å²) in [5.41, 5.74) is 1.23. The standard InChI is InChI=1S/C13H15F3N2/c1-6(2)17-5-8-7(3)18-13-10(15)4-9(14)12(16)11(8)13/h4,6,17-18H,5H2,1-3H3. The molecular formula is C13H15F3N2. The van der Waals surface area contributed by atoms with Crippen LogP contribution in [0.5, 0.6) is 0 Å². The lowest BCUT2D eigenvalue weighted by Gasteiger charge is -2.08. The zero-order valence-corrected chi connectivity index (χ0v) is 10.5. The van der Waals surface area contributed by atoms with E-state index in [0.29, 0.717) is 23.9 Å². The van der Waals surface area contributed by atoms with Gasteiger partial charge in [-0.3, -0.25) is 0 Å². The van der Waals surface area contributed by atoms with Crippen LogP contribution in [0.15, 0.2) is 6.07 Å². The number of aromatic nitrogens is 1. The molecule has 0 saturated heterocycles. The quantitative estimate of drug-likeness (QED) is 0.809. The highest BCUT2D eigenvalue weighted by atomic mass is 19.2. The molecule has 0 spiro atoms. The molecule has 2 aromatic rings. The second-order valence-corrected chi connectivity index (χ2v) is 4.67. The first-order chi connectivity index (χ1) is 8.41. The minimum atomic E-state index is -1.16. The fourth-order valence-electron chi connectivity index (χ4n) is 1.98. The van der Waals surface area contributed by atoms with Crippen LogP contribution in [0.2, 0.25) is 0 Å². The smallest absolute Gasteiger partial charge is 0.168 e. The minimum absolute atomic E-state index is 0.00171. The number of benzene rings is 1. The van der Waals surface area contributed by atoms with Crippen LogP contribution in [0.25, 0.3) is 10.9 Å². The van der Waals surface area contributed by atoms with Crippen LogP contribution >= 0.6 is 0 Å². The zero-order chi connectivity index (χ0) is 13.4. The van der Waals surface area contributed by atoms with Crippen molar-refractivity contribution in [2.45, 2.75) is 33.4 Å². The van der Waals surface area contributed by atoms with Gasteiger partial charge in [-0.05, 0) is 12.5 Å². The molecule has 5 heteroatoms. The Hall–Kier alpha value is -1.49. The number of halogens is 3. The Labute approximate surface area is 103 Å². The third-order valence-electron chi connectivity index (χ3n) is 2.93. The molecule has 0 unspecified atom stereocenters. The van der Waals surface area contributed by atoms with Crippen molar-refractivity contribution in [2.24, 2.45) is 0 Å². The van der Waals surface area contributed by atoms with Gasteiger partial charge in [-0.25, -0.2) is 13.2 Å². The van der Waals surface area contributed by atoms with E-state index in [1.807, 2.05) is 13.8 Å². The summed E-state index contributed by atoms with van der Waals surface area (Å²) in [6.07, 6.45) is 0. The van der Waals surface area contributed by atoms with Gasteiger partial charge in [-0.2, -0.15) is 0 Å². The Morgan fingerprint density at radius 1 is 1.22 bits per heavy atom. The SMILES string of the molecule is Cc1[nH]c2c(F)cc(F)c(F)c2c1CNC(C)C. The van der Waals surface area contributed by atoms with E-state index in [1.165, 1.54) is 0 Å². The van der Waals surface area contributed by atoms with Crippen LogP contribution in [0.3, 0.4) is 0 Å². The number of H-pyrrole nitrogens is 1. The minimum Gasteiger partial charge on any atom is -0.356 e. The molecule has 98 valence electrons. The van der Waals surface area contributed by atoms with Crippen LogP contribution in [-0.2, 0) is 6.54 Å². The van der Waals surface area contributed by atoms with Gasteiger partial charge in [0.1, 0.15) is 5.82 Å². The molecule has 2 N–H and O–H groups in total. The van der Waals surface area contributed by atoms with Crippen molar-refractivity contribution in [1.29, 1.82) is 0 Å². The Morgan fingerprint density at radius 2 is 1.89 bits per heavy atom. The Bertz CT molecular complexity index is 588. The average Bonchev–Trinajstić information content (AvgIpc) is 2.61. The summed E-state index contributed by atoms with van der Waals surface area (Å²) in [5, 5.41) is 3.11. The second kappa shape index (κ2) is 4.65. The van der Waals surface area contributed by atoms with Crippen LogP contribution in [0, 0.1) is 24.4 Å². The molecule has 0 aliphatic heterocycles. The van der Waals surface area contributed by atoms with Crippen molar-refractivity contribution in [2.75, 3.05) is 0 Å². The van der Waals surface area contributed by atoms with Crippen molar-refractivity contribution in [3.05, 3.63) is 34.8 Å². The third kappa shape index (κ3) is 2.10. The molecule has 2 nitrogen and oxygen atoms in total. The molecule has 18 heavy (non-hydrogen) atoms. The van der Waals surface area contributed by atoms with E-state index >= 15 is 0 Å². The van der Waals surface area contributed by atoms with E-state index in [-0.39, 0.29) is 16.9 Å². The summed E-state index contributed by atoms with van der Waals surface area (Å²) in [5.74, 6) is -2.94. The molecule has 0 aliphatic carbocycles. The molecule has 0 aliphatic rings. The molecule has 1 aromatic heterocycles. The number of aromatic amines is 1. The van der Waals surface area contributed by atoms with E-state index < -0.39 is 17.5 Å². The molecule has 0 bridgehead atoms. The van der Waals surface area contributed by atoms with Crippen molar-refractivity contribution < 1.29 is 13.2 Å². The maximum atomic E-state index is 13.8. The fourth-order valence-corrected chi connectivity index (χ4v) is 1.98. The van der Waals surface area contributed by atoms with E-state index in [0.717, 1.165) is 0 Å². The van der Waals surface area contributed by atoms with Gasteiger partial charge < -0.3 is 10.3 Å². The van der Waals surface area contributed by atoms with Crippen molar-refractivity contribution in [3.63, 3.8) is 0 Å². The Balaban J connectivity index is 2.62. The van der Waals surface area contributed by atoms with Gasteiger partial charge in [-0.1, -0.05) is 13.8 Å². The summed E-state index contributed by atoms with van der Waals surface area (Å²) in [6, 6.07) is 0.767. The summed E-state index contributed by atoms with van der Waals surface area (Å²) >= 11 is 0. The van der Waals surface area contributed by atoms with E-state index in [1.54, 1.807) is 6.92 Å².